The van der Waals surface area contributed by atoms with Gasteiger partial charge in [-0.1, -0.05) is 72.9 Å². The zero-order valence-electron chi connectivity index (χ0n) is 66.6. The van der Waals surface area contributed by atoms with Crippen LogP contribution in [0, 0.1) is 0 Å². The van der Waals surface area contributed by atoms with Gasteiger partial charge in [-0.3, -0.25) is 0 Å². The minimum Gasteiger partial charge on any atom is -0.394 e. The van der Waals surface area contributed by atoms with Crippen LogP contribution in [0.15, 0.2) is 152 Å². The Morgan fingerprint density at radius 3 is 0.356 bits per heavy atom. The van der Waals surface area contributed by atoms with E-state index in [1.165, 1.54) is 0 Å². The minimum atomic E-state index is -3.41. The first-order valence-electron chi connectivity index (χ1n) is 37.3. The maximum Gasteiger partial charge on any atom is 0.497 e. The first kappa shape index (κ1) is 102. The zero-order chi connectivity index (χ0) is 77.9. The zero-order valence-corrected chi connectivity index (χ0v) is 76.6. The predicted molar refractivity (Wildman–Crippen MR) is 448 cm³/mol. The monoisotopic (exact) mass is 1640 g/mol. The van der Waals surface area contributed by atoms with Gasteiger partial charge in [-0.05, 0) is 171 Å². The second kappa shape index (κ2) is 59.9. The van der Waals surface area contributed by atoms with Crippen LogP contribution < -0.4 is 0 Å². The lowest BCUT2D eigenvalue weighted by Gasteiger charge is -2.32. The molecule has 0 unspecified atom stereocenters. The van der Waals surface area contributed by atoms with Crippen LogP contribution in [0.4, 0.5) is 0 Å². The summed E-state index contributed by atoms with van der Waals surface area (Å²) >= 11 is 0. The Bertz CT molecular complexity index is 1910. The second-order valence-corrected chi connectivity index (χ2v) is 59.5. The molecule has 0 amide bonds. The van der Waals surface area contributed by atoms with E-state index in [1.807, 2.05) is 6.55 Å². The largest absolute Gasteiger partial charge is 0.497 e. The van der Waals surface area contributed by atoms with E-state index in [4.69, 9.17) is 92.9 Å². The maximum absolute atomic E-state index is 6.94. The molecule has 31 heteroatoms. The highest BCUT2D eigenvalue weighted by atomic mass is 28.4. The van der Waals surface area contributed by atoms with Gasteiger partial charge in [0.15, 0.2) is 0 Å². The predicted octanol–water partition coefficient (Wildman–Crippen LogP) is 17.3. The summed E-state index contributed by atoms with van der Waals surface area (Å²) in [6.45, 7) is 75.9. The van der Waals surface area contributed by atoms with E-state index in [0.717, 1.165) is 74.8 Å². The first-order valence-corrected chi connectivity index (χ1v) is 62.3. The van der Waals surface area contributed by atoms with E-state index in [0.29, 0.717) is 176 Å². The minimum absolute atomic E-state index is 0.343. The fourth-order valence-electron chi connectivity index (χ4n) is 10.7. The fourth-order valence-corrected chi connectivity index (χ4v) is 32.0. The van der Waals surface area contributed by atoms with Crippen LogP contribution in [0.1, 0.15) is 57.8 Å². The molecule has 0 saturated carbocycles. The molecule has 0 bridgehead atoms. The molecule has 0 saturated heterocycles. The third-order valence-electron chi connectivity index (χ3n) is 16.6. The standard InChI is InChI=1S/C73H144O21Si10/c1-23-44-74-95(13,75-45-24-2)65-35-56-86-101(19,87-57-36-66-96(14,76-46-25-3)77-47-26-4)71-41-62-92-104(22,93-63-42-72-102(20,88-58-37-67-97(15,78-48-27-5)79-49-28-6)89-59-38-68-98(16,80-50-29-7)81-51-30-8)94-64-43-73-103(21,90-60-39-69-99(17,82-52-31-9)83-53-32-10)91-61-40-70-100(18,84-54-33-11)85-55-34-12/h23-34H,1-12,35-73H2,13-22H3. The van der Waals surface area contributed by atoms with E-state index in [1.54, 1.807) is 72.9 Å². The van der Waals surface area contributed by atoms with Crippen molar-refractivity contribution in [1.82, 2.24) is 0 Å². The van der Waals surface area contributed by atoms with Crippen LogP contribution in [0.2, 0.25) is 120 Å². The SMILES string of the molecule is C=CCO[Si](C)(CCCO[Si](C)(CCCO[Si](C)(OCCC[Si](C)(OCCC[Si](C)(OCC=C)OCC=C)OCCC[Si](C)(OCC=C)OCC=C)OCCC[Si](C)(OCCC[Si](C)(OCC=C)OCC=C)OCCC[Si](C)(OCC=C)OCC=C)OCCC[Si](C)(OCC=C)OCC=C)OCC=C. The molecule has 0 spiro atoms. The lowest BCUT2D eigenvalue weighted by Crippen LogP contribution is -2.45. The van der Waals surface area contributed by atoms with Gasteiger partial charge < -0.3 is 92.9 Å². The topological polar surface area (TPSA) is 194 Å². The Kier molecular flexibility index (Phi) is 58.9. The van der Waals surface area contributed by atoms with Crippen LogP contribution in [0.3, 0.4) is 0 Å². The van der Waals surface area contributed by atoms with E-state index in [9.17, 15) is 0 Å². The van der Waals surface area contributed by atoms with E-state index in [2.05, 4.69) is 138 Å². The van der Waals surface area contributed by atoms with Crippen molar-refractivity contribution in [3.05, 3.63) is 152 Å². The maximum atomic E-state index is 6.94. The molecule has 0 N–H and O–H groups in total. The molecular weight excluding hydrogens is 1490 g/mol. The number of hydrogen-bond donors (Lipinski definition) is 0. The summed E-state index contributed by atoms with van der Waals surface area (Å²) in [6, 6.07) is 6.27. The average Bonchev–Trinajstić information content (AvgIpc) is 0.889. The van der Waals surface area contributed by atoms with Gasteiger partial charge in [0, 0.05) is 66.0 Å². The molecule has 0 radical (unpaired) electrons. The van der Waals surface area contributed by atoms with Gasteiger partial charge in [0.1, 0.15) is 0 Å². The highest BCUT2D eigenvalue weighted by Gasteiger charge is 2.42. The molecule has 0 rings (SSSR count). The van der Waals surface area contributed by atoms with Crippen molar-refractivity contribution in [3.8, 4) is 0 Å². The molecule has 104 heavy (non-hydrogen) atoms. The summed E-state index contributed by atoms with van der Waals surface area (Å²) < 4.78 is 137. The third-order valence-corrected chi connectivity index (χ3v) is 44.4. The molecule has 0 aliphatic rings. The first-order chi connectivity index (χ1) is 49.6. The summed E-state index contributed by atoms with van der Waals surface area (Å²) in [7, 11) is -27.3. The summed E-state index contributed by atoms with van der Waals surface area (Å²) in [6.07, 6.45) is 27.2. The van der Waals surface area contributed by atoms with Crippen LogP contribution in [-0.2, 0) is 92.9 Å². The van der Waals surface area contributed by atoms with E-state index >= 15 is 0 Å². The molecule has 0 aliphatic carbocycles. The lowest BCUT2D eigenvalue weighted by molar-refractivity contribution is 0.0628. The highest BCUT2D eigenvalue weighted by Crippen LogP contribution is 2.29. The van der Waals surface area contributed by atoms with E-state index in [-0.39, 0.29) is 0 Å². The van der Waals surface area contributed by atoms with Crippen LogP contribution >= 0.6 is 0 Å². The molecule has 0 atom stereocenters. The van der Waals surface area contributed by atoms with Crippen molar-refractivity contribution in [1.29, 1.82) is 0 Å². The fraction of sp³-hybridized carbons (Fsp3) is 0.671. The molecule has 0 aromatic carbocycles. The molecule has 0 heterocycles. The van der Waals surface area contributed by atoms with Crippen molar-refractivity contribution >= 4 is 85.9 Å². The van der Waals surface area contributed by atoms with Gasteiger partial charge in [0.05, 0.1) is 79.3 Å². The molecule has 0 fully saturated rings. The van der Waals surface area contributed by atoms with Gasteiger partial charge in [-0.15, -0.1) is 78.9 Å². The smallest absolute Gasteiger partial charge is 0.394 e. The van der Waals surface area contributed by atoms with Crippen molar-refractivity contribution < 1.29 is 92.9 Å². The Labute approximate surface area is 643 Å². The highest BCUT2D eigenvalue weighted by molar-refractivity contribution is 6.69. The second-order valence-electron chi connectivity index (χ2n) is 26.8. The summed E-state index contributed by atoms with van der Waals surface area (Å²) in [5.41, 5.74) is 0. The lowest BCUT2D eigenvalue weighted by atomic mass is 10.5. The Balaban J connectivity index is 7.32. The average molecular weight is 1640 g/mol. The van der Waals surface area contributed by atoms with Crippen molar-refractivity contribution in [3.63, 3.8) is 0 Å². The van der Waals surface area contributed by atoms with Gasteiger partial charge in [-0.2, -0.15) is 0 Å². The summed E-state index contributed by atoms with van der Waals surface area (Å²) in [5.74, 6) is 0. The van der Waals surface area contributed by atoms with Gasteiger partial charge in [0.2, 0.25) is 0 Å². The summed E-state index contributed by atoms with van der Waals surface area (Å²) in [4.78, 5) is 0. The van der Waals surface area contributed by atoms with Crippen molar-refractivity contribution in [2.75, 3.05) is 139 Å². The Morgan fingerprint density at radius 1 is 0.154 bits per heavy atom. The van der Waals surface area contributed by atoms with E-state index < -0.39 is 85.9 Å². The van der Waals surface area contributed by atoms with Gasteiger partial charge in [-0.25, -0.2) is 0 Å². The molecule has 0 aromatic heterocycles. The molecule has 0 aliphatic heterocycles. The number of hydrogen-bond acceptors (Lipinski definition) is 21. The van der Waals surface area contributed by atoms with Gasteiger partial charge >= 0.3 is 85.9 Å². The molecule has 602 valence electrons. The van der Waals surface area contributed by atoms with Gasteiger partial charge in [0.25, 0.3) is 0 Å². The quantitative estimate of drug-likeness (QED) is 0.0317. The molecule has 0 aromatic rings. The Hall–Kier alpha value is -1.79. The van der Waals surface area contributed by atoms with Crippen molar-refractivity contribution in [2.24, 2.45) is 0 Å². The summed E-state index contributed by atoms with van der Waals surface area (Å²) in [5, 5.41) is 0. The van der Waals surface area contributed by atoms with Crippen LogP contribution in [0.5, 0.6) is 0 Å². The van der Waals surface area contributed by atoms with Crippen LogP contribution in [0.25, 0.3) is 0 Å². The van der Waals surface area contributed by atoms with Crippen molar-refractivity contribution in [2.45, 2.75) is 178 Å². The third kappa shape index (κ3) is 50.9. The van der Waals surface area contributed by atoms with Crippen LogP contribution in [-0.4, -0.2) is 225 Å². The molecule has 21 nitrogen and oxygen atoms in total. The number of rotatable bonds is 81. The molecular formula is C73H144O21Si10. The normalized spacial score (nSPS) is 13.0. The Morgan fingerprint density at radius 2 is 0.250 bits per heavy atom.